The van der Waals surface area contributed by atoms with E-state index in [1.807, 2.05) is 21.9 Å². The van der Waals surface area contributed by atoms with Crippen LogP contribution in [0.5, 0.6) is 0 Å². The zero-order chi connectivity index (χ0) is 17.4. The van der Waals surface area contributed by atoms with E-state index in [1.165, 1.54) is 11.1 Å². The fraction of sp³-hybridized carbons (Fsp3) is 0.611. The Kier molecular flexibility index (Phi) is 7.65. The lowest BCUT2D eigenvalue weighted by atomic mass is 10.00. The summed E-state index contributed by atoms with van der Waals surface area (Å²) in [5.74, 6) is 0.105. The number of rotatable bonds is 9. The van der Waals surface area contributed by atoms with Gasteiger partial charge in [0, 0.05) is 47.0 Å². The Balaban J connectivity index is 1.94. The number of methoxy groups -OCH3 is 2. The van der Waals surface area contributed by atoms with Crippen LogP contribution < -0.4 is 0 Å². The van der Waals surface area contributed by atoms with Crippen LogP contribution in [-0.4, -0.2) is 74.1 Å². The molecule has 2 rings (SSSR count). The fourth-order valence-electron chi connectivity index (χ4n) is 2.99. The Labute approximate surface area is 144 Å². The van der Waals surface area contributed by atoms with Crippen LogP contribution in [0.2, 0.25) is 0 Å². The predicted octanol–water partition coefficient (Wildman–Crippen LogP) is 0.875. The predicted molar refractivity (Wildman–Crippen MR) is 91.5 cm³/mol. The van der Waals surface area contributed by atoms with E-state index in [-0.39, 0.29) is 18.8 Å². The highest BCUT2D eigenvalue weighted by atomic mass is 16.7. The summed E-state index contributed by atoms with van der Waals surface area (Å²) in [5, 5.41) is 9.07. The van der Waals surface area contributed by atoms with Crippen molar-refractivity contribution in [3.8, 4) is 0 Å². The molecule has 1 N–H and O–H groups in total. The lowest BCUT2D eigenvalue weighted by Gasteiger charge is -2.32. The van der Waals surface area contributed by atoms with Crippen LogP contribution in [0.3, 0.4) is 0 Å². The third-order valence-electron chi connectivity index (χ3n) is 4.41. The van der Waals surface area contributed by atoms with Crippen LogP contribution in [0.4, 0.5) is 0 Å². The number of carbonyl (C=O) groups is 1. The minimum atomic E-state index is -0.376. The van der Waals surface area contributed by atoms with E-state index >= 15 is 0 Å². The van der Waals surface area contributed by atoms with Crippen molar-refractivity contribution < 1.29 is 19.4 Å². The van der Waals surface area contributed by atoms with Gasteiger partial charge in [-0.2, -0.15) is 0 Å². The molecular formula is C18H28N2O4. The maximum atomic E-state index is 12.7. The highest BCUT2D eigenvalue weighted by Gasteiger charge is 2.23. The van der Waals surface area contributed by atoms with Crippen molar-refractivity contribution in [2.75, 3.05) is 47.0 Å². The fourth-order valence-corrected chi connectivity index (χ4v) is 2.99. The van der Waals surface area contributed by atoms with E-state index in [9.17, 15) is 4.79 Å². The molecule has 1 heterocycles. The molecule has 6 heteroatoms. The lowest BCUT2D eigenvalue weighted by molar-refractivity contribution is -0.138. The summed E-state index contributed by atoms with van der Waals surface area (Å²) in [5.41, 5.74) is 2.56. The molecule has 0 aliphatic carbocycles. The molecule has 1 aliphatic rings. The van der Waals surface area contributed by atoms with Gasteiger partial charge >= 0.3 is 0 Å². The van der Waals surface area contributed by atoms with Crippen LogP contribution in [0, 0.1) is 0 Å². The van der Waals surface area contributed by atoms with Crippen molar-refractivity contribution in [1.29, 1.82) is 0 Å². The number of benzene rings is 1. The van der Waals surface area contributed by atoms with Gasteiger partial charge in [-0.1, -0.05) is 24.3 Å². The minimum absolute atomic E-state index is 0.104. The molecule has 0 aromatic heterocycles. The van der Waals surface area contributed by atoms with E-state index < -0.39 is 0 Å². The quantitative estimate of drug-likeness (QED) is 0.678. The zero-order valence-electron chi connectivity index (χ0n) is 14.6. The molecule has 1 aromatic carbocycles. The van der Waals surface area contributed by atoms with E-state index in [0.29, 0.717) is 32.6 Å². The molecule has 0 radical (unpaired) electrons. The first kappa shape index (κ1) is 18.9. The number of amides is 1. The number of carbonyl (C=O) groups excluding carboxylic acids is 1. The van der Waals surface area contributed by atoms with Gasteiger partial charge in [0.15, 0.2) is 6.29 Å². The van der Waals surface area contributed by atoms with Crippen LogP contribution in [0.25, 0.3) is 0 Å². The average molecular weight is 336 g/mol. The molecule has 0 saturated heterocycles. The standard InChI is InChI=1S/C18H28N2O4/c1-23-18(24-2)14-19(9-5-11-21)13-17(22)20-10-8-15-6-3-4-7-16(15)12-20/h3-4,6-7,18,21H,5,8-14H2,1-2H3. The van der Waals surface area contributed by atoms with Gasteiger partial charge in [-0.15, -0.1) is 0 Å². The van der Waals surface area contributed by atoms with Gasteiger partial charge in [0.1, 0.15) is 0 Å². The molecule has 134 valence electrons. The van der Waals surface area contributed by atoms with Crippen molar-refractivity contribution in [2.45, 2.75) is 25.7 Å². The van der Waals surface area contributed by atoms with Crippen LogP contribution >= 0.6 is 0 Å². The minimum Gasteiger partial charge on any atom is -0.396 e. The first-order valence-electron chi connectivity index (χ1n) is 8.41. The third kappa shape index (κ3) is 5.27. The molecule has 0 atom stereocenters. The number of ether oxygens (including phenoxy) is 2. The molecular weight excluding hydrogens is 308 g/mol. The van der Waals surface area contributed by atoms with Gasteiger partial charge in [0.05, 0.1) is 6.54 Å². The summed E-state index contributed by atoms with van der Waals surface area (Å²) < 4.78 is 10.5. The second kappa shape index (κ2) is 9.74. The zero-order valence-corrected chi connectivity index (χ0v) is 14.6. The largest absolute Gasteiger partial charge is 0.396 e. The highest BCUT2D eigenvalue weighted by Crippen LogP contribution is 2.18. The summed E-state index contributed by atoms with van der Waals surface area (Å²) in [7, 11) is 3.17. The van der Waals surface area contributed by atoms with Crippen molar-refractivity contribution in [3.63, 3.8) is 0 Å². The molecule has 1 amide bonds. The first-order chi connectivity index (χ1) is 11.7. The molecule has 24 heavy (non-hydrogen) atoms. The number of aliphatic hydroxyl groups excluding tert-OH is 1. The molecule has 1 aliphatic heterocycles. The summed E-state index contributed by atoms with van der Waals surface area (Å²) in [6.45, 7) is 2.97. The summed E-state index contributed by atoms with van der Waals surface area (Å²) in [4.78, 5) is 16.6. The second-order valence-corrected chi connectivity index (χ2v) is 6.05. The molecule has 6 nitrogen and oxygen atoms in total. The number of hydrogen-bond donors (Lipinski definition) is 1. The smallest absolute Gasteiger partial charge is 0.237 e. The van der Waals surface area contributed by atoms with Gasteiger partial charge in [-0.25, -0.2) is 0 Å². The van der Waals surface area contributed by atoms with Gasteiger partial charge in [-0.05, 0) is 24.0 Å². The van der Waals surface area contributed by atoms with Crippen LogP contribution in [0.15, 0.2) is 24.3 Å². The molecule has 0 bridgehead atoms. The van der Waals surface area contributed by atoms with E-state index in [4.69, 9.17) is 14.6 Å². The Morgan fingerprint density at radius 3 is 2.67 bits per heavy atom. The number of hydrogen-bond acceptors (Lipinski definition) is 5. The maximum absolute atomic E-state index is 12.7. The molecule has 0 unspecified atom stereocenters. The first-order valence-corrected chi connectivity index (χ1v) is 8.41. The van der Waals surface area contributed by atoms with Crippen molar-refractivity contribution in [1.82, 2.24) is 9.80 Å². The van der Waals surface area contributed by atoms with Crippen molar-refractivity contribution in [3.05, 3.63) is 35.4 Å². The van der Waals surface area contributed by atoms with Gasteiger partial charge in [0.25, 0.3) is 0 Å². The highest BCUT2D eigenvalue weighted by molar-refractivity contribution is 5.78. The van der Waals surface area contributed by atoms with Gasteiger partial charge in [0.2, 0.25) is 5.91 Å². The van der Waals surface area contributed by atoms with Gasteiger partial charge < -0.3 is 19.5 Å². The maximum Gasteiger partial charge on any atom is 0.237 e. The third-order valence-corrected chi connectivity index (χ3v) is 4.41. The summed E-state index contributed by atoms with van der Waals surface area (Å²) in [6.07, 6.45) is 1.15. The van der Waals surface area contributed by atoms with E-state index in [2.05, 4.69) is 12.1 Å². The Morgan fingerprint density at radius 1 is 1.29 bits per heavy atom. The Hall–Kier alpha value is -1.47. The molecule has 0 saturated carbocycles. The molecule has 0 spiro atoms. The summed E-state index contributed by atoms with van der Waals surface area (Å²) >= 11 is 0. The van der Waals surface area contributed by atoms with Crippen molar-refractivity contribution in [2.24, 2.45) is 0 Å². The summed E-state index contributed by atoms with van der Waals surface area (Å²) in [6, 6.07) is 8.28. The molecule has 0 fully saturated rings. The Bertz CT molecular complexity index is 519. The topological polar surface area (TPSA) is 62.2 Å². The second-order valence-electron chi connectivity index (χ2n) is 6.05. The van der Waals surface area contributed by atoms with Crippen LogP contribution in [0.1, 0.15) is 17.5 Å². The average Bonchev–Trinajstić information content (AvgIpc) is 2.63. The Morgan fingerprint density at radius 2 is 2.00 bits per heavy atom. The van der Waals surface area contributed by atoms with E-state index in [1.54, 1.807) is 14.2 Å². The van der Waals surface area contributed by atoms with Crippen molar-refractivity contribution >= 4 is 5.91 Å². The monoisotopic (exact) mass is 336 g/mol. The normalized spacial score (nSPS) is 14.3. The molecule has 1 aromatic rings. The van der Waals surface area contributed by atoms with E-state index in [0.717, 1.165) is 13.0 Å². The SMILES string of the molecule is COC(CN(CCCO)CC(=O)N1CCc2ccccc2C1)OC. The number of fused-ring (bicyclic) bond motifs is 1. The number of aliphatic hydroxyl groups is 1. The van der Waals surface area contributed by atoms with Crippen LogP contribution in [-0.2, 0) is 27.2 Å². The van der Waals surface area contributed by atoms with Gasteiger partial charge in [-0.3, -0.25) is 9.69 Å². The number of nitrogens with zero attached hydrogens (tertiary/aromatic N) is 2. The lowest BCUT2D eigenvalue weighted by Crippen LogP contribution is -2.45.